The summed E-state index contributed by atoms with van der Waals surface area (Å²) in [5, 5.41) is 0.254. The van der Waals surface area contributed by atoms with Gasteiger partial charge in [-0.25, -0.2) is 13.4 Å². The number of anilines is 2. The third kappa shape index (κ3) is 3.30. The quantitative estimate of drug-likeness (QED) is 0.620. The zero-order valence-corrected chi connectivity index (χ0v) is 14.5. The maximum absolute atomic E-state index is 12.5. The van der Waals surface area contributed by atoms with Gasteiger partial charge in [-0.3, -0.25) is 4.72 Å². The minimum atomic E-state index is -3.81. The minimum absolute atomic E-state index is 0.0774. The third-order valence-corrected chi connectivity index (χ3v) is 5.65. The van der Waals surface area contributed by atoms with Crippen molar-refractivity contribution in [2.75, 3.05) is 10.5 Å². The average molecular weight is 391 g/mol. The number of pyridine rings is 1. The van der Waals surface area contributed by atoms with Gasteiger partial charge in [-0.1, -0.05) is 23.7 Å². The summed E-state index contributed by atoms with van der Waals surface area (Å²) in [7, 11) is -3.81. The molecule has 0 aliphatic rings. The first-order chi connectivity index (χ1) is 9.72. The van der Waals surface area contributed by atoms with E-state index < -0.39 is 10.0 Å². The molecule has 0 unspecified atom stereocenters. The Morgan fingerprint density at radius 3 is 2.52 bits per heavy atom. The van der Waals surface area contributed by atoms with Crippen molar-refractivity contribution in [3.05, 3.63) is 45.1 Å². The summed E-state index contributed by atoms with van der Waals surface area (Å²) in [4.78, 5) is 3.96. The second kappa shape index (κ2) is 5.82. The number of sulfonamides is 1. The third-order valence-electron chi connectivity index (χ3n) is 2.93. The van der Waals surface area contributed by atoms with Crippen molar-refractivity contribution in [1.82, 2.24) is 4.98 Å². The molecule has 5 nitrogen and oxygen atoms in total. The van der Waals surface area contributed by atoms with Gasteiger partial charge in [0.05, 0.1) is 22.0 Å². The van der Waals surface area contributed by atoms with Crippen molar-refractivity contribution in [3.8, 4) is 0 Å². The molecule has 3 N–H and O–H groups in total. The number of hydrogen-bond acceptors (Lipinski definition) is 4. The van der Waals surface area contributed by atoms with E-state index in [2.05, 4.69) is 25.6 Å². The number of halogens is 2. The predicted octanol–water partition coefficient (Wildman–Crippen LogP) is 3.50. The summed E-state index contributed by atoms with van der Waals surface area (Å²) in [6.45, 7) is 3.45. The van der Waals surface area contributed by atoms with E-state index in [0.29, 0.717) is 21.3 Å². The average Bonchev–Trinajstić information content (AvgIpc) is 2.38. The van der Waals surface area contributed by atoms with Crippen LogP contribution in [0, 0.1) is 13.8 Å². The monoisotopic (exact) mass is 389 g/mol. The summed E-state index contributed by atoms with van der Waals surface area (Å²) < 4.78 is 28.0. The summed E-state index contributed by atoms with van der Waals surface area (Å²) in [5.74, 6) is 0. The Morgan fingerprint density at radius 2 is 1.90 bits per heavy atom. The highest BCUT2D eigenvalue weighted by Gasteiger charge is 2.21. The number of aryl methyl sites for hydroxylation is 2. The molecule has 0 atom stereocenters. The van der Waals surface area contributed by atoms with Crippen LogP contribution in [0.2, 0.25) is 5.15 Å². The Morgan fingerprint density at radius 1 is 1.29 bits per heavy atom. The van der Waals surface area contributed by atoms with Crippen molar-refractivity contribution < 1.29 is 8.42 Å². The van der Waals surface area contributed by atoms with E-state index in [-0.39, 0.29) is 15.7 Å². The highest BCUT2D eigenvalue weighted by molar-refractivity contribution is 9.10. The summed E-state index contributed by atoms with van der Waals surface area (Å²) in [5.41, 5.74) is 7.73. The molecule has 2 rings (SSSR count). The van der Waals surface area contributed by atoms with Crippen LogP contribution in [0.25, 0.3) is 0 Å². The molecule has 21 heavy (non-hydrogen) atoms. The fourth-order valence-corrected chi connectivity index (χ4v) is 3.77. The topological polar surface area (TPSA) is 85.1 Å². The number of nitrogens with one attached hydrogen (secondary N) is 1. The van der Waals surface area contributed by atoms with Crippen LogP contribution in [0.4, 0.5) is 11.4 Å². The van der Waals surface area contributed by atoms with E-state index >= 15 is 0 Å². The van der Waals surface area contributed by atoms with E-state index in [1.807, 2.05) is 0 Å². The first kappa shape index (κ1) is 16.1. The van der Waals surface area contributed by atoms with E-state index in [9.17, 15) is 8.42 Å². The fourth-order valence-electron chi connectivity index (χ4n) is 1.85. The van der Waals surface area contributed by atoms with Crippen LogP contribution in [0.5, 0.6) is 0 Å². The van der Waals surface area contributed by atoms with Crippen LogP contribution in [-0.2, 0) is 10.0 Å². The first-order valence-corrected chi connectivity index (χ1v) is 8.57. The van der Waals surface area contributed by atoms with Crippen molar-refractivity contribution in [3.63, 3.8) is 0 Å². The molecule has 0 saturated heterocycles. The summed E-state index contributed by atoms with van der Waals surface area (Å²) >= 11 is 8.98. The van der Waals surface area contributed by atoms with Gasteiger partial charge >= 0.3 is 0 Å². The molecule has 112 valence electrons. The standard InChI is InChI=1S/C13H13BrClN3O2S/c1-7-3-4-8(2)12(11(7)16)21(19,20)18-9-5-10(14)13(15)17-6-9/h3-6,18H,16H2,1-2H3. The Kier molecular flexibility index (Phi) is 4.46. The smallest absolute Gasteiger partial charge is 0.264 e. The van der Waals surface area contributed by atoms with Gasteiger partial charge in [-0.05, 0) is 47.0 Å². The predicted molar refractivity (Wildman–Crippen MR) is 88.1 cm³/mol. The van der Waals surface area contributed by atoms with Gasteiger partial charge < -0.3 is 5.73 Å². The second-order valence-corrected chi connectivity index (χ2v) is 7.38. The lowest BCUT2D eigenvalue weighted by Gasteiger charge is -2.14. The van der Waals surface area contributed by atoms with E-state index in [0.717, 1.165) is 0 Å². The van der Waals surface area contributed by atoms with Crippen LogP contribution < -0.4 is 10.5 Å². The number of hydrogen-bond donors (Lipinski definition) is 2. The van der Waals surface area contributed by atoms with Crippen molar-refractivity contribution >= 4 is 48.9 Å². The first-order valence-electron chi connectivity index (χ1n) is 5.92. The SMILES string of the molecule is Cc1ccc(C)c(S(=O)(=O)Nc2cnc(Cl)c(Br)c2)c1N. The molecule has 0 fully saturated rings. The molecule has 0 aliphatic carbocycles. The molecule has 8 heteroatoms. The Bertz CT molecular complexity index is 809. The molecule has 0 aliphatic heterocycles. The number of rotatable bonds is 3. The van der Waals surface area contributed by atoms with Gasteiger partial charge in [0.1, 0.15) is 10.0 Å². The van der Waals surface area contributed by atoms with Gasteiger partial charge in [-0.15, -0.1) is 0 Å². The zero-order chi connectivity index (χ0) is 15.8. The van der Waals surface area contributed by atoms with Crippen LogP contribution in [0.3, 0.4) is 0 Å². The molecule has 0 saturated carbocycles. The largest absolute Gasteiger partial charge is 0.397 e. The molecule has 0 bridgehead atoms. The lowest BCUT2D eigenvalue weighted by atomic mass is 10.1. The van der Waals surface area contributed by atoms with E-state index in [1.165, 1.54) is 12.3 Å². The van der Waals surface area contributed by atoms with E-state index in [4.69, 9.17) is 17.3 Å². The second-order valence-electron chi connectivity index (χ2n) is 4.54. The van der Waals surface area contributed by atoms with Gasteiger partial charge in [0.15, 0.2) is 0 Å². The number of nitrogen functional groups attached to an aromatic ring is 1. The van der Waals surface area contributed by atoms with Gasteiger partial charge in [-0.2, -0.15) is 0 Å². The molecule has 0 radical (unpaired) electrons. The molecular weight excluding hydrogens is 378 g/mol. The van der Waals surface area contributed by atoms with Gasteiger partial charge in [0.2, 0.25) is 0 Å². The van der Waals surface area contributed by atoms with E-state index in [1.54, 1.807) is 26.0 Å². The number of nitrogens with zero attached hydrogens (tertiary/aromatic N) is 1. The zero-order valence-electron chi connectivity index (χ0n) is 11.3. The Labute approximate surface area is 136 Å². The molecule has 1 heterocycles. The molecule has 0 amide bonds. The van der Waals surface area contributed by atoms with Crippen molar-refractivity contribution in [2.24, 2.45) is 0 Å². The highest BCUT2D eigenvalue weighted by Crippen LogP contribution is 2.29. The highest BCUT2D eigenvalue weighted by atomic mass is 79.9. The lowest BCUT2D eigenvalue weighted by molar-refractivity contribution is 0.601. The van der Waals surface area contributed by atoms with Crippen LogP contribution in [-0.4, -0.2) is 13.4 Å². The lowest BCUT2D eigenvalue weighted by Crippen LogP contribution is -2.17. The van der Waals surface area contributed by atoms with Gasteiger partial charge in [0.25, 0.3) is 10.0 Å². The van der Waals surface area contributed by atoms with Crippen LogP contribution in [0.15, 0.2) is 33.8 Å². The maximum Gasteiger partial charge on any atom is 0.264 e. The molecule has 2 aromatic rings. The summed E-state index contributed by atoms with van der Waals surface area (Å²) in [6.07, 6.45) is 1.34. The maximum atomic E-state index is 12.5. The van der Waals surface area contributed by atoms with Gasteiger partial charge in [0, 0.05) is 0 Å². The Hall–Kier alpha value is -1.31. The summed E-state index contributed by atoms with van der Waals surface area (Å²) in [6, 6.07) is 5.04. The number of nitrogens with two attached hydrogens (primary N) is 1. The van der Waals surface area contributed by atoms with Crippen molar-refractivity contribution in [1.29, 1.82) is 0 Å². The normalized spacial score (nSPS) is 11.4. The number of benzene rings is 1. The van der Waals surface area contributed by atoms with Crippen LogP contribution in [0.1, 0.15) is 11.1 Å². The van der Waals surface area contributed by atoms with Crippen LogP contribution >= 0.6 is 27.5 Å². The number of aromatic nitrogens is 1. The molecular formula is C13H13BrClN3O2S. The fraction of sp³-hybridized carbons (Fsp3) is 0.154. The Balaban J connectivity index is 2.48. The molecule has 1 aromatic carbocycles. The molecule has 1 aromatic heterocycles. The van der Waals surface area contributed by atoms with Crippen molar-refractivity contribution in [2.45, 2.75) is 18.7 Å². The molecule has 0 spiro atoms. The minimum Gasteiger partial charge on any atom is -0.397 e.